The molecule has 0 amide bonds. The fourth-order valence-corrected chi connectivity index (χ4v) is 4.85. The normalized spacial score (nSPS) is 18.6. The summed E-state index contributed by atoms with van der Waals surface area (Å²) in [7, 11) is 3.09. The molecule has 3 aromatic heterocycles. The summed E-state index contributed by atoms with van der Waals surface area (Å²) >= 11 is 13.4. The van der Waals surface area contributed by atoms with Gasteiger partial charge in [-0.3, -0.25) is 4.40 Å². The van der Waals surface area contributed by atoms with E-state index < -0.39 is 0 Å². The van der Waals surface area contributed by atoms with E-state index in [9.17, 15) is 0 Å². The third-order valence-electron chi connectivity index (χ3n) is 6.06. The molecule has 172 valence electrons. The molecular weight excluding hydrogens is 465 g/mol. The number of benzene rings is 1. The minimum Gasteiger partial charge on any atom is -0.495 e. The second-order valence-electron chi connectivity index (χ2n) is 8.03. The van der Waals surface area contributed by atoms with Crippen LogP contribution >= 0.6 is 23.2 Å². The smallest absolute Gasteiger partial charge is 0.224 e. The lowest BCUT2D eigenvalue weighted by molar-refractivity contribution is 0.0606. The number of halogens is 2. The molecule has 1 aliphatic rings. The third-order valence-corrected chi connectivity index (χ3v) is 6.82. The SMILES string of the molecule is COc1cc(OC)c(Cl)c(-c2cc3cnc(NC4COCC[C@@H]4C)nc3n3ccnc23)c1Cl. The van der Waals surface area contributed by atoms with Crippen molar-refractivity contribution in [1.82, 2.24) is 19.4 Å². The van der Waals surface area contributed by atoms with Gasteiger partial charge in [-0.15, -0.1) is 0 Å². The Hall–Kier alpha value is -2.81. The maximum absolute atomic E-state index is 6.69. The fourth-order valence-electron chi connectivity index (χ4n) is 4.14. The number of anilines is 1. The largest absolute Gasteiger partial charge is 0.495 e. The van der Waals surface area contributed by atoms with Crippen molar-refractivity contribution in [3.05, 3.63) is 40.8 Å². The molecule has 0 saturated carbocycles. The highest BCUT2D eigenvalue weighted by Crippen LogP contribution is 2.47. The Morgan fingerprint density at radius 3 is 2.55 bits per heavy atom. The van der Waals surface area contributed by atoms with Crippen LogP contribution in [0.15, 0.2) is 30.7 Å². The zero-order valence-corrected chi connectivity index (χ0v) is 19.9. The summed E-state index contributed by atoms with van der Waals surface area (Å²) in [6.45, 7) is 3.63. The molecule has 1 aliphatic heterocycles. The predicted molar refractivity (Wildman–Crippen MR) is 129 cm³/mol. The summed E-state index contributed by atoms with van der Waals surface area (Å²) in [5.41, 5.74) is 2.66. The Kier molecular flexibility index (Phi) is 5.90. The summed E-state index contributed by atoms with van der Waals surface area (Å²) in [6, 6.07) is 3.75. The van der Waals surface area contributed by atoms with Gasteiger partial charge in [0.2, 0.25) is 5.95 Å². The van der Waals surface area contributed by atoms with Crippen LogP contribution in [0.2, 0.25) is 10.0 Å². The standard InChI is InChI=1S/C23H23Cl2N5O3/c1-12-4-7-33-11-15(12)28-23-27-10-13-8-14(22-26-5-6-30(22)21(13)29-23)18-19(24)16(31-2)9-17(32-3)20(18)25/h5-6,8-10,12,15H,4,7,11H2,1-3H3,(H,27,28,29)/t12-,15?/m0/s1. The van der Waals surface area contributed by atoms with Crippen LogP contribution in [-0.4, -0.2) is 52.8 Å². The molecule has 1 saturated heterocycles. The van der Waals surface area contributed by atoms with E-state index in [2.05, 4.69) is 22.2 Å². The number of rotatable bonds is 5. The van der Waals surface area contributed by atoms with Crippen molar-refractivity contribution in [3.63, 3.8) is 0 Å². The number of fused-ring (bicyclic) bond motifs is 3. The summed E-state index contributed by atoms with van der Waals surface area (Å²) in [6.07, 6.45) is 6.35. The summed E-state index contributed by atoms with van der Waals surface area (Å²) in [4.78, 5) is 13.9. The number of hydrogen-bond acceptors (Lipinski definition) is 7. The number of aromatic nitrogens is 4. The van der Waals surface area contributed by atoms with Crippen LogP contribution in [0.1, 0.15) is 13.3 Å². The van der Waals surface area contributed by atoms with Crippen LogP contribution in [0.4, 0.5) is 5.95 Å². The Morgan fingerprint density at radius 1 is 1.09 bits per heavy atom. The van der Waals surface area contributed by atoms with Crippen molar-refractivity contribution in [2.45, 2.75) is 19.4 Å². The molecule has 8 nitrogen and oxygen atoms in total. The zero-order valence-electron chi connectivity index (χ0n) is 18.4. The molecule has 10 heteroatoms. The molecular formula is C23H23Cl2N5O3. The summed E-state index contributed by atoms with van der Waals surface area (Å²) in [5.74, 6) is 1.93. The fraction of sp³-hybridized carbons (Fsp3) is 0.348. The molecule has 33 heavy (non-hydrogen) atoms. The lowest BCUT2D eigenvalue weighted by atomic mass is 9.97. The third kappa shape index (κ3) is 3.82. The van der Waals surface area contributed by atoms with Crippen LogP contribution in [0, 0.1) is 5.92 Å². The Morgan fingerprint density at radius 2 is 1.85 bits per heavy atom. The molecule has 0 bridgehead atoms. The number of methoxy groups -OCH3 is 2. The van der Waals surface area contributed by atoms with Crippen LogP contribution in [0.25, 0.3) is 27.8 Å². The Balaban J connectivity index is 1.66. The highest BCUT2D eigenvalue weighted by Gasteiger charge is 2.24. The molecule has 5 rings (SSSR count). The van der Waals surface area contributed by atoms with Gasteiger partial charge in [0.25, 0.3) is 0 Å². The highest BCUT2D eigenvalue weighted by molar-refractivity contribution is 6.41. The van der Waals surface area contributed by atoms with Crippen molar-refractivity contribution in [2.75, 3.05) is 32.8 Å². The topological polar surface area (TPSA) is 82.8 Å². The molecule has 0 radical (unpaired) electrons. The first kappa shape index (κ1) is 22.0. The maximum atomic E-state index is 6.69. The van der Waals surface area contributed by atoms with Gasteiger partial charge in [0.15, 0.2) is 5.65 Å². The van der Waals surface area contributed by atoms with Crippen molar-refractivity contribution in [3.8, 4) is 22.6 Å². The van der Waals surface area contributed by atoms with Crippen molar-refractivity contribution >= 4 is 45.8 Å². The number of hydrogen-bond donors (Lipinski definition) is 1. The van der Waals surface area contributed by atoms with Gasteiger partial charge in [-0.2, -0.15) is 4.98 Å². The van der Waals surface area contributed by atoms with Gasteiger partial charge in [-0.25, -0.2) is 9.97 Å². The van der Waals surface area contributed by atoms with Gasteiger partial charge in [0.05, 0.1) is 36.9 Å². The van der Waals surface area contributed by atoms with E-state index in [4.69, 9.17) is 42.4 Å². The lowest BCUT2D eigenvalue weighted by Crippen LogP contribution is -2.37. The molecule has 2 atom stereocenters. The van der Waals surface area contributed by atoms with Crippen LogP contribution in [0.3, 0.4) is 0 Å². The maximum Gasteiger partial charge on any atom is 0.224 e. The van der Waals surface area contributed by atoms with Crippen LogP contribution in [-0.2, 0) is 4.74 Å². The molecule has 1 N–H and O–H groups in total. The molecule has 0 spiro atoms. The average molecular weight is 488 g/mol. The first-order valence-electron chi connectivity index (χ1n) is 10.6. The minimum atomic E-state index is 0.163. The number of imidazole rings is 1. The van der Waals surface area contributed by atoms with E-state index in [1.807, 2.05) is 16.7 Å². The number of nitrogens with zero attached hydrogens (tertiary/aromatic N) is 4. The first-order valence-corrected chi connectivity index (χ1v) is 11.3. The number of nitrogens with one attached hydrogen (secondary N) is 1. The van der Waals surface area contributed by atoms with E-state index in [0.717, 1.165) is 29.6 Å². The summed E-state index contributed by atoms with van der Waals surface area (Å²) < 4.78 is 18.4. The molecule has 1 unspecified atom stereocenters. The van der Waals surface area contributed by atoms with Gasteiger partial charge in [0.1, 0.15) is 17.1 Å². The molecule has 0 aliphatic carbocycles. The van der Waals surface area contributed by atoms with Gasteiger partial charge < -0.3 is 19.5 Å². The first-order chi connectivity index (χ1) is 16.0. The van der Waals surface area contributed by atoms with E-state index in [1.54, 1.807) is 32.7 Å². The quantitative estimate of drug-likeness (QED) is 0.418. The lowest BCUT2D eigenvalue weighted by Gasteiger charge is -2.29. The predicted octanol–water partition coefficient (Wildman–Crippen LogP) is 5.11. The van der Waals surface area contributed by atoms with Crippen molar-refractivity contribution in [2.24, 2.45) is 5.92 Å². The molecule has 1 fully saturated rings. The number of pyridine rings is 1. The minimum absolute atomic E-state index is 0.163. The average Bonchev–Trinajstić information content (AvgIpc) is 3.32. The monoisotopic (exact) mass is 487 g/mol. The highest BCUT2D eigenvalue weighted by atomic mass is 35.5. The van der Waals surface area contributed by atoms with Crippen LogP contribution in [0.5, 0.6) is 11.5 Å². The van der Waals surface area contributed by atoms with Crippen molar-refractivity contribution in [1.29, 1.82) is 0 Å². The van der Waals surface area contributed by atoms with Gasteiger partial charge in [0, 0.05) is 47.8 Å². The molecule has 1 aromatic carbocycles. The second-order valence-corrected chi connectivity index (χ2v) is 8.78. The van der Waals surface area contributed by atoms with Crippen LogP contribution < -0.4 is 14.8 Å². The Bertz CT molecular complexity index is 1310. The molecule has 4 heterocycles. The van der Waals surface area contributed by atoms with E-state index >= 15 is 0 Å². The zero-order chi connectivity index (χ0) is 23.1. The number of ether oxygens (including phenoxy) is 3. The van der Waals surface area contributed by atoms with E-state index in [1.165, 1.54) is 0 Å². The molecule has 4 aromatic rings. The Labute approximate surface area is 200 Å². The van der Waals surface area contributed by atoms with E-state index in [0.29, 0.717) is 51.2 Å². The van der Waals surface area contributed by atoms with E-state index in [-0.39, 0.29) is 6.04 Å². The van der Waals surface area contributed by atoms with Gasteiger partial charge >= 0.3 is 0 Å². The van der Waals surface area contributed by atoms with Crippen molar-refractivity contribution < 1.29 is 14.2 Å². The van der Waals surface area contributed by atoms with Gasteiger partial charge in [-0.1, -0.05) is 30.1 Å². The van der Waals surface area contributed by atoms with Gasteiger partial charge in [-0.05, 0) is 18.4 Å². The second kappa shape index (κ2) is 8.85. The summed E-state index contributed by atoms with van der Waals surface area (Å²) in [5, 5.41) is 4.97.